The zero-order chi connectivity index (χ0) is 12.0. The monoisotopic (exact) mass is 219 g/mol. The fourth-order valence-electron chi connectivity index (χ4n) is 2.12. The van der Waals surface area contributed by atoms with Crippen LogP contribution in [0, 0.1) is 13.8 Å². The van der Waals surface area contributed by atoms with Gasteiger partial charge in [0.05, 0.1) is 0 Å². The van der Waals surface area contributed by atoms with Crippen LogP contribution in [0.2, 0.25) is 0 Å². The van der Waals surface area contributed by atoms with Gasteiger partial charge in [-0.05, 0) is 49.9 Å². The van der Waals surface area contributed by atoms with Crippen molar-refractivity contribution in [2.75, 3.05) is 5.32 Å². The van der Waals surface area contributed by atoms with Crippen LogP contribution in [0.25, 0.3) is 0 Å². The highest BCUT2D eigenvalue weighted by Crippen LogP contribution is 2.17. The molecule has 16 heavy (non-hydrogen) atoms. The van der Waals surface area contributed by atoms with Gasteiger partial charge in [0.15, 0.2) is 0 Å². The van der Waals surface area contributed by atoms with Gasteiger partial charge in [-0.2, -0.15) is 0 Å². The summed E-state index contributed by atoms with van der Waals surface area (Å²) in [4.78, 5) is 0. The second kappa shape index (κ2) is 6.57. The molecule has 0 heterocycles. The van der Waals surface area contributed by atoms with Crippen LogP contribution in [0.1, 0.15) is 50.7 Å². The van der Waals surface area contributed by atoms with Crippen molar-refractivity contribution in [3.63, 3.8) is 0 Å². The highest BCUT2D eigenvalue weighted by atomic mass is 14.9. The minimum Gasteiger partial charge on any atom is -0.382 e. The van der Waals surface area contributed by atoms with E-state index in [1.807, 2.05) is 0 Å². The molecule has 1 rings (SSSR count). The van der Waals surface area contributed by atoms with Gasteiger partial charge in [-0.15, -0.1) is 0 Å². The van der Waals surface area contributed by atoms with Gasteiger partial charge in [-0.25, -0.2) is 0 Å². The summed E-state index contributed by atoms with van der Waals surface area (Å²) >= 11 is 0. The average Bonchev–Trinajstić information content (AvgIpc) is 2.22. The molecule has 1 unspecified atom stereocenters. The number of rotatable bonds is 6. The smallest absolute Gasteiger partial charge is 0.0347 e. The maximum Gasteiger partial charge on any atom is 0.0347 e. The third kappa shape index (κ3) is 4.26. The summed E-state index contributed by atoms with van der Waals surface area (Å²) < 4.78 is 0. The van der Waals surface area contributed by atoms with Gasteiger partial charge in [-0.3, -0.25) is 0 Å². The maximum absolute atomic E-state index is 3.65. The second-order valence-electron chi connectivity index (χ2n) is 4.77. The Balaban J connectivity index is 2.62. The predicted molar refractivity (Wildman–Crippen MR) is 73.1 cm³/mol. The van der Waals surface area contributed by atoms with Gasteiger partial charge in [0.25, 0.3) is 0 Å². The van der Waals surface area contributed by atoms with E-state index < -0.39 is 0 Å². The Morgan fingerprint density at radius 3 is 2.19 bits per heavy atom. The quantitative estimate of drug-likeness (QED) is 0.732. The van der Waals surface area contributed by atoms with Crippen molar-refractivity contribution in [3.8, 4) is 0 Å². The summed E-state index contributed by atoms with van der Waals surface area (Å²) in [6.07, 6.45) is 5.08. The molecule has 0 fully saturated rings. The molecule has 0 aliphatic carbocycles. The minimum absolute atomic E-state index is 0.626. The summed E-state index contributed by atoms with van der Waals surface area (Å²) in [5.74, 6) is 0. The first kappa shape index (κ1) is 13.1. The van der Waals surface area contributed by atoms with E-state index in [4.69, 9.17) is 0 Å². The summed E-state index contributed by atoms with van der Waals surface area (Å²) in [5, 5.41) is 3.65. The van der Waals surface area contributed by atoms with E-state index in [0.29, 0.717) is 6.04 Å². The molecule has 1 nitrogen and oxygen atoms in total. The lowest BCUT2D eigenvalue weighted by Gasteiger charge is -2.18. The van der Waals surface area contributed by atoms with Gasteiger partial charge in [0.2, 0.25) is 0 Å². The number of aryl methyl sites for hydroxylation is 2. The van der Waals surface area contributed by atoms with Gasteiger partial charge >= 0.3 is 0 Å². The van der Waals surface area contributed by atoms with Crippen molar-refractivity contribution < 1.29 is 0 Å². The van der Waals surface area contributed by atoms with Gasteiger partial charge in [0, 0.05) is 11.7 Å². The molecule has 0 aliphatic heterocycles. The summed E-state index contributed by atoms with van der Waals surface area (Å²) in [6, 6.07) is 7.32. The zero-order valence-corrected chi connectivity index (χ0v) is 11.1. The fourth-order valence-corrected chi connectivity index (χ4v) is 2.12. The van der Waals surface area contributed by atoms with Gasteiger partial charge in [-0.1, -0.05) is 32.8 Å². The van der Waals surface area contributed by atoms with E-state index in [0.717, 1.165) is 0 Å². The van der Waals surface area contributed by atoms with E-state index in [2.05, 4.69) is 51.2 Å². The standard InChI is InChI=1S/C15H25N/c1-5-7-8-14(6-2)16-15-10-12(3)9-13(4)11-15/h9-11,14,16H,5-8H2,1-4H3. The molecule has 1 heteroatoms. The highest BCUT2D eigenvalue weighted by Gasteiger charge is 2.05. The molecule has 0 bridgehead atoms. The Labute approximate surface area is 100 Å². The molecule has 0 aliphatic rings. The first-order valence-electron chi connectivity index (χ1n) is 6.50. The summed E-state index contributed by atoms with van der Waals surface area (Å²) in [7, 11) is 0. The molecule has 0 spiro atoms. The van der Waals surface area contributed by atoms with Crippen LogP contribution >= 0.6 is 0 Å². The molecule has 1 N–H and O–H groups in total. The summed E-state index contributed by atoms with van der Waals surface area (Å²) in [6.45, 7) is 8.83. The van der Waals surface area contributed by atoms with Crippen LogP contribution in [0.5, 0.6) is 0 Å². The lowest BCUT2D eigenvalue weighted by Crippen LogP contribution is -2.18. The molecular weight excluding hydrogens is 194 g/mol. The normalized spacial score (nSPS) is 12.5. The van der Waals surface area contributed by atoms with Crippen molar-refractivity contribution in [3.05, 3.63) is 29.3 Å². The highest BCUT2D eigenvalue weighted by molar-refractivity contribution is 5.49. The Morgan fingerprint density at radius 2 is 1.69 bits per heavy atom. The molecule has 1 aromatic carbocycles. The SMILES string of the molecule is CCCCC(CC)Nc1cc(C)cc(C)c1. The molecule has 0 saturated heterocycles. The lowest BCUT2D eigenvalue weighted by molar-refractivity contribution is 0.593. The first-order valence-corrected chi connectivity index (χ1v) is 6.50. The lowest BCUT2D eigenvalue weighted by atomic mass is 10.1. The number of anilines is 1. The minimum atomic E-state index is 0.626. The van der Waals surface area contributed by atoms with E-state index >= 15 is 0 Å². The molecule has 0 radical (unpaired) electrons. The Hall–Kier alpha value is -0.980. The van der Waals surface area contributed by atoms with Crippen molar-refractivity contribution in [2.45, 2.75) is 59.4 Å². The van der Waals surface area contributed by atoms with Crippen molar-refractivity contribution in [2.24, 2.45) is 0 Å². The number of hydrogen-bond acceptors (Lipinski definition) is 1. The van der Waals surface area contributed by atoms with Crippen LogP contribution < -0.4 is 5.32 Å². The first-order chi connectivity index (χ1) is 7.65. The van der Waals surface area contributed by atoms with Crippen molar-refractivity contribution in [1.82, 2.24) is 0 Å². The zero-order valence-electron chi connectivity index (χ0n) is 11.1. The number of hydrogen-bond donors (Lipinski definition) is 1. The van der Waals surface area contributed by atoms with E-state index in [9.17, 15) is 0 Å². The number of unbranched alkanes of at least 4 members (excludes halogenated alkanes) is 1. The van der Waals surface area contributed by atoms with Gasteiger partial charge in [0.1, 0.15) is 0 Å². The topological polar surface area (TPSA) is 12.0 Å². The molecule has 0 aromatic heterocycles. The fraction of sp³-hybridized carbons (Fsp3) is 0.600. The van der Waals surface area contributed by atoms with E-state index in [-0.39, 0.29) is 0 Å². The second-order valence-corrected chi connectivity index (χ2v) is 4.77. The maximum atomic E-state index is 3.65. The Kier molecular flexibility index (Phi) is 5.37. The van der Waals surface area contributed by atoms with Gasteiger partial charge < -0.3 is 5.32 Å². The van der Waals surface area contributed by atoms with Crippen molar-refractivity contribution in [1.29, 1.82) is 0 Å². The van der Waals surface area contributed by atoms with Crippen LogP contribution in [0.4, 0.5) is 5.69 Å². The summed E-state index contributed by atoms with van der Waals surface area (Å²) in [5.41, 5.74) is 3.96. The van der Waals surface area contributed by atoms with E-state index in [1.165, 1.54) is 42.5 Å². The molecule has 0 amide bonds. The van der Waals surface area contributed by atoms with Crippen LogP contribution in [-0.4, -0.2) is 6.04 Å². The third-order valence-electron chi connectivity index (χ3n) is 2.99. The Bertz CT molecular complexity index is 297. The van der Waals surface area contributed by atoms with Crippen LogP contribution in [0.15, 0.2) is 18.2 Å². The van der Waals surface area contributed by atoms with Crippen LogP contribution in [-0.2, 0) is 0 Å². The predicted octanol–water partition coefficient (Wildman–Crippen LogP) is 4.68. The molecule has 1 aromatic rings. The largest absolute Gasteiger partial charge is 0.382 e. The average molecular weight is 219 g/mol. The third-order valence-corrected chi connectivity index (χ3v) is 2.99. The van der Waals surface area contributed by atoms with Crippen LogP contribution in [0.3, 0.4) is 0 Å². The molecule has 90 valence electrons. The Morgan fingerprint density at radius 1 is 1.06 bits per heavy atom. The molecule has 1 atom stereocenters. The van der Waals surface area contributed by atoms with E-state index in [1.54, 1.807) is 0 Å². The molecular formula is C15H25N. The number of benzene rings is 1. The number of nitrogens with one attached hydrogen (secondary N) is 1. The van der Waals surface area contributed by atoms with Crippen molar-refractivity contribution >= 4 is 5.69 Å². The molecule has 0 saturated carbocycles.